The molecule has 1 aliphatic carbocycles. The fraction of sp³-hybridized carbons (Fsp3) is 0.917. The lowest BCUT2D eigenvalue weighted by Gasteiger charge is -2.36. The summed E-state index contributed by atoms with van der Waals surface area (Å²) >= 11 is 0. The summed E-state index contributed by atoms with van der Waals surface area (Å²) in [6.45, 7) is 4.99. The maximum Gasteiger partial charge on any atom is 0.315 e. The normalized spacial score (nSPS) is 29.8. The first-order valence-electron chi connectivity index (χ1n) is 6.37. The molecule has 0 heterocycles. The Balaban J connectivity index is 2.26. The molecular formula is C12H25N3O. The molecule has 1 saturated carbocycles. The molecule has 0 aromatic heterocycles. The SMILES string of the molecule is CCCCNC(=O)NC1(C)CCC(N)CC1. The summed E-state index contributed by atoms with van der Waals surface area (Å²) in [5, 5.41) is 5.96. The van der Waals surface area contributed by atoms with Gasteiger partial charge in [-0.15, -0.1) is 0 Å². The fourth-order valence-corrected chi connectivity index (χ4v) is 2.10. The average molecular weight is 227 g/mol. The Morgan fingerprint density at radius 3 is 2.62 bits per heavy atom. The van der Waals surface area contributed by atoms with Crippen molar-refractivity contribution in [2.24, 2.45) is 5.73 Å². The summed E-state index contributed by atoms with van der Waals surface area (Å²) in [4.78, 5) is 11.6. The minimum Gasteiger partial charge on any atom is -0.338 e. The predicted octanol–water partition coefficient (Wildman–Crippen LogP) is 1.75. The van der Waals surface area contributed by atoms with Crippen LogP contribution in [0.1, 0.15) is 52.4 Å². The molecule has 0 saturated heterocycles. The number of nitrogens with two attached hydrogens (primary N) is 1. The molecule has 2 amide bonds. The molecule has 0 bridgehead atoms. The van der Waals surface area contributed by atoms with Gasteiger partial charge in [0.25, 0.3) is 0 Å². The van der Waals surface area contributed by atoms with E-state index in [1.165, 1.54) is 0 Å². The molecule has 4 nitrogen and oxygen atoms in total. The van der Waals surface area contributed by atoms with E-state index in [-0.39, 0.29) is 11.6 Å². The van der Waals surface area contributed by atoms with Crippen LogP contribution in [0, 0.1) is 0 Å². The van der Waals surface area contributed by atoms with Gasteiger partial charge in [-0.1, -0.05) is 13.3 Å². The van der Waals surface area contributed by atoms with E-state index < -0.39 is 0 Å². The minimum atomic E-state index is -0.0633. The first-order chi connectivity index (χ1) is 7.56. The largest absolute Gasteiger partial charge is 0.338 e. The van der Waals surface area contributed by atoms with E-state index in [1.807, 2.05) is 0 Å². The van der Waals surface area contributed by atoms with E-state index in [4.69, 9.17) is 5.73 Å². The van der Waals surface area contributed by atoms with Crippen LogP contribution in [-0.2, 0) is 0 Å². The zero-order valence-electron chi connectivity index (χ0n) is 10.5. The van der Waals surface area contributed by atoms with Crippen LogP contribution in [0.3, 0.4) is 0 Å². The van der Waals surface area contributed by atoms with E-state index in [1.54, 1.807) is 0 Å². The van der Waals surface area contributed by atoms with Gasteiger partial charge in [0.05, 0.1) is 0 Å². The van der Waals surface area contributed by atoms with Crippen molar-refractivity contribution in [1.29, 1.82) is 0 Å². The van der Waals surface area contributed by atoms with Crippen molar-refractivity contribution in [1.82, 2.24) is 10.6 Å². The number of hydrogen-bond acceptors (Lipinski definition) is 2. The number of rotatable bonds is 4. The number of unbranched alkanes of at least 4 members (excludes halogenated alkanes) is 1. The number of hydrogen-bond donors (Lipinski definition) is 3. The van der Waals surface area contributed by atoms with Gasteiger partial charge in [0.15, 0.2) is 0 Å². The first kappa shape index (κ1) is 13.3. The molecule has 0 spiro atoms. The number of carbonyl (C=O) groups excluding carboxylic acids is 1. The van der Waals surface area contributed by atoms with Gasteiger partial charge in [0.1, 0.15) is 0 Å². The molecule has 0 aliphatic heterocycles. The summed E-state index contributed by atoms with van der Waals surface area (Å²) in [5.41, 5.74) is 5.79. The van der Waals surface area contributed by atoms with E-state index in [0.29, 0.717) is 6.04 Å². The van der Waals surface area contributed by atoms with Crippen molar-refractivity contribution in [3.63, 3.8) is 0 Å². The van der Waals surface area contributed by atoms with Gasteiger partial charge >= 0.3 is 6.03 Å². The van der Waals surface area contributed by atoms with E-state index in [0.717, 1.165) is 45.1 Å². The Bertz CT molecular complexity index is 222. The first-order valence-corrected chi connectivity index (χ1v) is 6.37. The Labute approximate surface area is 98.3 Å². The second-order valence-corrected chi connectivity index (χ2v) is 5.13. The zero-order chi connectivity index (χ0) is 12.0. The van der Waals surface area contributed by atoms with Gasteiger partial charge < -0.3 is 16.4 Å². The molecule has 16 heavy (non-hydrogen) atoms. The van der Waals surface area contributed by atoms with Crippen LogP contribution in [0.4, 0.5) is 4.79 Å². The summed E-state index contributed by atoms with van der Waals surface area (Å²) in [6.07, 6.45) is 6.11. The van der Waals surface area contributed by atoms with Gasteiger partial charge in [-0.3, -0.25) is 0 Å². The molecule has 1 fully saturated rings. The Morgan fingerprint density at radius 1 is 1.44 bits per heavy atom. The Kier molecular flexibility index (Phi) is 5.06. The van der Waals surface area contributed by atoms with Gasteiger partial charge in [0.2, 0.25) is 0 Å². The smallest absolute Gasteiger partial charge is 0.315 e. The molecule has 4 N–H and O–H groups in total. The third-order valence-electron chi connectivity index (χ3n) is 3.37. The van der Waals surface area contributed by atoms with Gasteiger partial charge in [-0.05, 0) is 39.0 Å². The molecule has 1 rings (SSSR count). The molecule has 4 heteroatoms. The van der Waals surface area contributed by atoms with Gasteiger partial charge in [-0.25, -0.2) is 4.79 Å². The molecular weight excluding hydrogens is 202 g/mol. The van der Waals surface area contributed by atoms with Crippen molar-refractivity contribution in [2.45, 2.75) is 64.0 Å². The highest BCUT2D eigenvalue weighted by Crippen LogP contribution is 2.26. The van der Waals surface area contributed by atoms with E-state index in [9.17, 15) is 4.79 Å². The highest BCUT2D eigenvalue weighted by atomic mass is 16.2. The molecule has 0 aromatic rings. The summed E-state index contributed by atoms with van der Waals surface area (Å²) < 4.78 is 0. The van der Waals surface area contributed by atoms with Crippen molar-refractivity contribution in [2.75, 3.05) is 6.54 Å². The predicted molar refractivity (Wildman–Crippen MR) is 66.3 cm³/mol. The van der Waals surface area contributed by atoms with E-state index in [2.05, 4.69) is 24.5 Å². The van der Waals surface area contributed by atoms with Crippen molar-refractivity contribution >= 4 is 6.03 Å². The lowest BCUT2D eigenvalue weighted by Crippen LogP contribution is -2.53. The average Bonchev–Trinajstić information content (AvgIpc) is 2.23. The molecule has 94 valence electrons. The third-order valence-corrected chi connectivity index (χ3v) is 3.37. The highest BCUT2D eigenvalue weighted by molar-refractivity contribution is 5.74. The molecule has 0 radical (unpaired) electrons. The molecule has 0 unspecified atom stereocenters. The topological polar surface area (TPSA) is 67.2 Å². The lowest BCUT2D eigenvalue weighted by atomic mass is 9.81. The van der Waals surface area contributed by atoms with Crippen LogP contribution in [0.15, 0.2) is 0 Å². The second-order valence-electron chi connectivity index (χ2n) is 5.13. The monoisotopic (exact) mass is 227 g/mol. The summed E-state index contributed by atoms with van der Waals surface area (Å²) in [6, 6.07) is 0.282. The Morgan fingerprint density at radius 2 is 2.06 bits per heavy atom. The quantitative estimate of drug-likeness (QED) is 0.640. The van der Waals surface area contributed by atoms with Crippen LogP contribution in [0.5, 0.6) is 0 Å². The van der Waals surface area contributed by atoms with Crippen LogP contribution in [0.2, 0.25) is 0 Å². The highest BCUT2D eigenvalue weighted by Gasteiger charge is 2.30. The zero-order valence-corrected chi connectivity index (χ0v) is 10.5. The van der Waals surface area contributed by atoms with Crippen LogP contribution < -0.4 is 16.4 Å². The van der Waals surface area contributed by atoms with Crippen molar-refractivity contribution in [3.8, 4) is 0 Å². The van der Waals surface area contributed by atoms with Crippen molar-refractivity contribution in [3.05, 3.63) is 0 Å². The van der Waals surface area contributed by atoms with Crippen LogP contribution in [0.25, 0.3) is 0 Å². The van der Waals surface area contributed by atoms with Crippen LogP contribution >= 0.6 is 0 Å². The molecule has 1 aliphatic rings. The third kappa shape index (κ3) is 4.39. The number of nitrogens with one attached hydrogen (secondary N) is 2. The fourth-order valence-electron chi connectivity index (χ4n) is 2.10. The minimum absolute atomic E-state index is 0.0357. The number of amides is 2. The van der Waals surface area contributed by atoms with Gasteiger partial charge in [0, 0.05) is 18.1 Å². The maximum atomic E-state index is 11.6. The molecule has 0 aromatic carbocycles. The van der Waals surface area contributed by atoms with Gasteiger partial charge in [-0.2, -0.15) is 0 Å². The summed E-state index contributed by atoms with van der Waals surface area (Å²) in [5.74, 6) is 0. The second kappa shape index (κ2) is 6.09. The van der Waals surface area contributed by atoms with Crippen molar-refractivity contribution < 1.29 is 4.79 Å². The standard InChI is InChI=1S/C12H25N3O/c1-3-4-9-14-11(16)15-12(2)7-5-10(13)6-8-12/h10H,3-9,13H2,1-2H3,(H2,14,15,16). The van der Waals surface area contributed by atoms with Crippen LogP contribution in [-0.4, -0.2) is 24.2 Å². The van der Waals surface area contributed by atoms with E-state index >= 15 is 0 Å². The number of urea groups is 1. The maximum absolute atomic E-state index is 11.6. The summed E-state index contributed by atoms with van der Waals surface area (Å²) in [7, 11) is 0. The lowest BCUT2D eigenvalue weighted by molar-refractivity contribution is 0.205. The molecule has 0 atom stereocenters. The number of carbonyl (C=O) groups is 1. The Hall–Kier alpha value is -0.770.